The van der Waals surface area contributed by atoms with E-state index in [9.17, 15) is 14.4 Å². The molecule has 2 rings (SSSR count). The van der Waals surface area contributed by atoms with Gasteiger partial charge in [-0.15, -0.1) is 0 Å². The largest absolute Gasteiger partial charge is 0.493 e. The van der Waals surface area contributed by atoms with Crippen LogP contribution in [0.25, 0.3) is 0 Å². The Bertz CT molecular complexity index is 974. The normalized spacial score (nSPS) is 12.0. The van der Waals surface area contributed by atoms with Crippen molar-refractivity contribution in [3.05, 3.63) is 43.0 Å². The van der Waals surface area contributed by atoms with Crippen LogP contribution in [-0.2, 0) is 4.79 Å². The van der Waals surface area contributed by atoms with Crippen molar-refractivity contribution in [3.8, 4) is 11.5 Å². The number of benzene rings is 1. The van der Waals surface area contributed by atoms with E-state index in [1.54, 1.807) is 19.1 Å². The predicted octanol–water partition coefficient (Wildman–Crippen LogP) is 0.869. The average Bonchev–Trinajstić information content (AvgIpc) is 2.64. The molecule has 0 aliphatic rings. The number of nitrogens with one attached hydrogen (secondary N) is 3. The molecule has 0 aliphatic heterocycles. The lowest BCUT2D eigenvalue weighted by atomic mass is 10.2. The summed E-state index contributed by atoms with van der Waals surface area (Å²) in [4.78, 5) is 36.7. The van der Waals surface area contributed by atoms with Crippen molar-refractivity contribution in [2.24, 2.45) is 5.10 Å². The number of nitrogens with zero attached hydrogens (tertiary/aromatic N) is 2. The second kappa shape index (κ2) is 9.37. The summed E-state index contributed by atoms with van der Waals surface area (Å²) in [6.45, 7) is 1.58. The maximum absolute atomic E-state index is 12.1. The van der Waals surface area contributed by atoms with Gasteiger partial charge in [-0.3, -0.25) is 14.6 Å². The first-order chi connectivity index (χ1) is 12.9. The van der Waals surface area contributed by atoms with Gasteiger partial charge in [0, 0.05) is 5.56 Å². The third kappa shape index (κ3) is 5.20. The first kappa shape index (κ1) is 20.7. The van der Waals surface area contributed by atoms with E-state index in [2.05, 4.69) is 36.7 Å². The number of carbonyl (C=O) groups excluding carboxylic acids is 1. The van der Waals surface area contributed by atoms with Gasteiger partial charge in [-0.1, -0.05) is 11.8 Å². The number of hydrazone groups is 1. The molecule has 12 heteroatoms. The second-order valence-electron chi connectivity index (χ2n) is 5.01. The predicted molar refractivity (Wildman–Crippen MR) is 104 cm³/mol. The Morgan fingerprint density at radius 1 is 1.37 bits per heavy atom. The lowest BCUT2D eigenvalue weighted by molar-refractivity contribution is -0.120. The molecule has 0 radical (unpaired) electrons. The fraction of sp³-hybridized carbons (Fsp3) is 0.267. The van der Waals surface area contributed by atoms with E-state index in [0.29, 0.717) is 21.5 Å². The van der Waals surface area contributed by atoms with E-state index in [4.69, 9.17) is 9.47 Å². The number of hydrogen-bond acceptors (Lipinski definition) is 8. The first-order valence-corrected chi connectivity index (χ1v) is 9.13. The maximum atomic E-state index is 12.1. The minimum atomic E-state index is -0.716. The Morgan fingerprint density at radius 2 is 2.11 bits per heavy atom. The molecule has 27 heavy (non-hydrogen) atoms. The van der Waals surface area contributed by atoms with E-state index in [1.807, 2.05) is 4.98 Å². The van der Waals surface area contributed by atoms with Gasteiger partial charge in [0.2, 0.25) is 0 Å². The molecule has 1 atom stereocenters. The first-order valence-electron chi connectivity index (χ1n) is 7.46. The Balaban J connectivity index is 2.04. The van der Waals surface area contributed by atoms with Gasteiger partial charge in [-0.25, -0.2) is 15.3 Å². The van der Waals surface area contributed by atoms with Crippen LogP contribution in [0.4, 0.5) is 0 Å². The molecule has 3 N–H and O–H groups in total. The highest BCUT2D eigenvalue weighted by Gasteiger charge is 2.17. The van der Waals surface area contributed by atoms with Crippen molar-refractivity contribution in [1.29, 1.82) is 0 Å². The molecule has 1 aromatic carbocycles. The SMILES string of the molecule is COc1ccc(/C=N/NC(=O)C(C)Sc2n[nH]c(=O)[nH]c2=O)c(Br)c1OC. The molecule has 1 unspecified atom stereocenters. The average molecular weight is 458 g/mol. The summed E-state index contributed by atoms with van der Waals surface area (Å²) in [6.07, 6.45) is 1.44. The van der Waals surface area contributed by atoms with Crippen LogP contribution in [-0.4, -0.2) is 46.8 Å². The monoisotopic (exact) mass is 457 g/mol. The zero-order chi connectivity index (χ0) is 20.0. The van der Waals surface area contributed by atoms with Gasteiger partial charge in [-0.2, -0.15) is 10.2 Å². The molecule has 0 fully saturated rings. The molecule has 0 spiro atoms. The highest BCUT2D eigenvalue weighted by atomic mass is 79.9. The summed E-state index contributed by atoms with van der Waals surface area (Å²) in [6, 6.07) is 3.45. The molecule has 2 aromatic rings. The van der Waals surface area contributed by atoms with Crippen molar-refractivity contribution >= 4 is 39.8 Å². The lowest BCUT2D eigenvalue weighted by Crippen LogP contribution is -2.30. The van der Waals surface area contributed by atoms with Gasteiger partial charge >= 0.3 is 5.69 Å². The Hall–Kier alpha value is -2.60. The van der Waals surface area contributed by atoms with Crippen LogP contribution in [0.5, 0.6) is 11.5 Å². The number of halogens is 1. The van der Waals surface area contributed by atoms with Gasteiger partial charge in [0.15, 0.2) is 16.5 Å². The molecule has 10 nitrogen and oxygen atoms in total. The summed E-state index contributed by atoms with van der Waals surface area (Å²) in [5.41, 5.74) is 1.66. The highest BCUT2D eigenvalue weighted by molar-refractivity contribution is 9.10. The summed E-state index contributed by atoms with van der Waals surface area (Å²) >= 11 is 4.29. The molecule has 0 saturated heterocycles. The number of ether oxygens (including phenoxy) is 2. The summed E-state index contributed by atoms with van der Waals surface area (Å²) < 4.78 is 11.1. The van der Waals surface area contributed by atoms with Crippen LogP contribution in [0.15, 0.2) is 36.3 Å². The van der Waals surface area contributed by atoms with E-state index in [0.717, 1.165) is 11.8 Å². The Kier molecular flexibility index (Phi) is 7.19. The Morgan fingerprint density at radius 3 is 2.74 bits per heavy atom. The maximum Gasteiger partial charge on any atom is 0.342 e. The van der Waals surface area contributed by atoms with Crippen LogP contribution < -0.4 is 26.1 Å². The molecular weight excluding hydrogens is 442 g/mol. The molecule has 1 heterocycles. The third-order valence-electron chi connectivity index (χ3n) is 3.23. The minimum Gasteiger partial charge on any atom is -0.493 e. The number of carbonyl (C=O) groups is 1. The summed E-state index contributed by atoms with van der Waals surface area (Å²) in [7, 11) is 3.04. The van der Waals surface area contributed by atoms with Gasteiger partial charge in [0.05, 0.1) is 30.2 Å². The van der Waals surface area contributed by atoms with Gasteiger partial charge in [0.25, 0.3) is 11.5 Å². The van der Waals surface area contributed by atoms with Gasteiger partial charge in [-0.05, 0) is 35.0 Å². The minimum absolute atomic E-state index is 0.0242. The smallest absolute Gasteiger partial charge is 0.342 e. The summed E-state index contributed by atoms with van der Waals surface area (Å²) in [5, 5.41) is 8.92. The van der Waals surface area contributed by atoms with Crippen LogP contribution in [0.1, 0.15) is 12.5 Å². The fourth-order valence-corrected chi connectivity index (χ4v) is 3.24. The molecule has 1 aromatic heterocycles. The number of methoxy groups -OCH3 is 2. The number of aromatic nitrogens is 3. The zero-order valence-electron chi connectivity index (χ0n) is 14.5. The number of thioether (sulfide) groups is 1. The Labute approximate surface area is 165 Å². The topological polar surface area (TPSA) is 139 Å². The standard InChI is InChI=1S/C15H16BrN5O5S/c1-7(27-14-13(23)18-15(24)21-20-14)12(22)19-17-6-8-4-5-9(25-2)11(26-3)10(8)16/h4-7H,1-3H3,(H,19,22)(H2,18,21,23,24)/b17-6+. The zero-order valence-corrected chi connectivity index (χ0v) is 16.9. The molecule has 0 aliphatic carbocycles. The number of H-pyrrole nitrogens is 2. The van der Waals surface area contributed by atoms with Crippen LogP contribution >= 0.6 is 27.7 Å². The molecule has 0 bridgehead atoms. The van der Waals surface area contributed by atoms with Crippen molar-refractivity contribution in [3.63, 3.8) is 0 Å². The number of amides is 1. The molecular formula is C15H16BrN5O5S. The van der Waals surface area contributed by atoms with E-state index < -0.39 is 22.4 Å². The van der Waals surface area contributed by atoms with Crippen molar-refractivity contribution in [2.75, 3.05) is 14.2 Å². The quantitative estimate of drug-likeness (QED) is 0.318. The number of rotatable bonds is 7. The lowest BCUT2D eigenvalue weighted by Gasteiger charge is -2.11. The van der Waals surface area contributed by atoms with Gasteiger partial charge in [0.1, 0.15) is 0 Å². The van der Waals surface area contributed by atoms with Crippen molar-refractivity contribution in [2.45, 2.75) is 17.2 Å². The van der Waals surface area contributed by atoms with Crippen LogP contribution in [0.2, 0.25) is 0 Å². The second-order valence-corrected chi connectivity index (χ2v) is 7.13. The van der Waals surface area contributed by atoms with Gasteiger partial charge < -0.3 is 9.47 Å². The van der Waals surface area contributed by atoms with E-state index in [1.165, 1.54) is 20.4 Å². The third-order valence-corrected chi connectivity index (χ3v) is 5.12. The fourth-order valence-electron chi connectivity index (χ4n) is 1.90. The molecule has 144 valence electrons. The van der Waals surface area contributed by atoms with Crippen LogP contribution in [0, 0.1) is 0 Å². The summed E-state index contributed by atoms with van der Waals surface area (Å²) in [5.74, 6) is 0.606. The van der Waals surface area contributed by atoms with Crippen molar-refractivity contribution < 1.29 is 14.3 Å². The van der Waals surface area contributed by atoms with E-state index >= 15 is 0 Å². The molecule has 0 saturated carbocycles. The van der Waals surface area contributed by atoms with Crippen molar-refractivity contribution in [1.82, 2.24) is 20.6 Å². The molecule has 1 amide bonds. The number of aromatic amines is 2. The number of hydrogen-bond donors (Lipinski definition) is 3. The van der Waals surface area contributed by atoms with E-state index in [-0.39, 0.29) is 5.03 Å². The van der Waals surface area contributed by atoms with Crippen LogP contribution in [0.3, 0.4) is 0 Å². The highest BCUT2D eigenvalue weighted by Crippen LogP contribution is 2.36.